The van der Waals surface area contributed by atoms with Crippen LogP contribution in [0.5, 0.6) is 0 Å². The molecule has 1 N–H and O–H groups in total. The molecule has 0 aromatic heterocycles. The summed E-state index contributed by atoms with van der Waals surface area (Å²) in [4.78, 5) is 25.3. The van der Waals surface area contributed by atoms with Crippen LogP contribution < -0.4 is 4.90 Å². The van der Waals surface area contributed by atoms with Crippen LogP contribution in [0.25, 0.3) is 6.08 Å². The van der Waals surface area contributed by atoms with Gasteiger partial charge in [-0.25, -0.2) is 4.79 Å². The largest absolute Gasteiger partial charge is 0.480 e. The molecule has 1 heterocycles. The lowest BCUT2D eigenvalue weighted by Crippen LogP contribution is -2.42. The number of carboxylic acids is 1. The lowest BCUT2D eigenvalue weighted by atomic mass is 10.1. The van der Waals surface area contributed by atoms with Crippen LogP contribution in [0.15, 0.2) is 60.7 Å². The number of benzene rings is 2. The van der Waals surface area contributed by atoms with Gasteiger partial charge in [-0.3, -0.25) is 9.69 Å². The first-order valence-electron chi connectivity index (χ1n) is 7.04. The summed E-state index contributed by atoms with van der Waals surface area (Å²) in [6.45, 7) is 0. The van der Waals surface area contributed by atoms with Gasteiger partial charge >= 0.3 is 5.97 Å². The van der Waals surface area contributed by atoms with E-state index in [1.807, 2.05) is 48.5 Å². The van der Waals surface area contributed by atoms with Crippen molar-refractivity contribution in [3.05, 3.63) is 71.8 Å². The van der Waals surface area contributed by atoms with Crippen molar-refractivity contribution in [3.8, 4) is 0 Å². The maximum atomic E-state index is 12.5. The number of aliphatic carboxylic acids is 1. The molecule has 0 fully saturated rings. The molecule has 4 heteroatoms. The van der Waals surface area contributed by atoms with Crippen molar-refractivity contribution in [1.82, 2.24) is 0 Å². The molecule has 22 heavy (non-hydrogen) atoms. The van der Waals surface area contributed by atoms with E-state index in [1.165, 1.54) is 11.0 Å². The number of amides is 1. The van der Waals surface area contributed by atoms with E-state index in [1.54, 1.807) is 12.1 Å². The van der Waals surface area contributed by atoms with Crippen LogP contribution >= 0.6 is 0 Å². The van der Waals surface area contributed by atoms with Crippen molar-refractivity contribution in [1.29, 1.82) is 0 Å². The molecule has 0 saturated carbocycles. The first kappa shape index (κ1) is 14.1. The summed E-state index contributed by atoms with van der Waals surface area (Å²) in [5.74, 6) is -1.31. The fourth-order valence-corrected chi connectivity index (χ4v) is 2.67. The van der Waals surface area contributed by atoms with E-state index in [2.05, 4.69) is 0 Å². The Morgan fingerprint density at radius 3 is 2.45 bits per heavy atom. The van der Waals surface area contributed by atoms with Gasteiger partial charge in [-0.2, -0.15) is 0 Å². The predicted molar refractivity (Wildman–Crippen MR) is 84.5 cm³/mol. The van der Waals surface area contributed by atoms with Crippen molar-refractivity contribution in [2.75, 3.05) is 4.90 Å². The van der Waals surface area contributed by atoms with Gasteiger partial charge in [0.25, 0.3) is 5.91 Å². The zero-order valence-electron chi connectivity index (χ0n) is 11.8. The summed E-state index contributed by atoms with van der Waals surface area (Å²) >= 11 is 0. The third kappa shape index (κ3) is 2.63. The highest BCUT2D eigenvalue weighted by Gasteiger charge is 2.37. The number of hydrogen-bond donors (Lipinski definition) is 1. The van der Waals surface area contributed by atoms with E-state index in [4.69, 9.17) is 0 Å². The molecule has 1 amide bonds. The highest BCUT2D eigenvalue weighted by Crippen LogP contribution is 2.32. The second-order valence-corrected chi connectivity index (χ2v) is 5.14. The number of carbonyl (C=O) groups excluding carboxylic acids is 1. The lowest BCUT2D eigenvalue weighted by molar-refractivity contribution is -0.139. The van der Waals surface area contributed by atoms with Gasteiger partial charge in [0.05, 0.1) is 0 Å². The summed E-state index contributed by atoms with van der Waals surface area (Å²) < 4.78 is 0. The van der Waals surface area contributed by atoms with E-state index in [0.29, 0.717) is 12.1 Å². The Hall–Kier alpha value is -2.88. The van der Waals surface area contributed by atoms with Gasteiger partial charge in [0.2, 0.25) is 0 Å². The Morgan fingerprint density at radius 2 is 1.73 bits per heavy atom. The molecule has 0 radical (unpaired) electrons. The molecule has 0 saturated heterocycles. The molecule has 0 spiro atoms. The van der Waals surface area contributed by atoms with Crippen LogP contribution in [0, 0.1) is 0 Å². The van der Waals surface area contributed by atoms with E-state index >= 15 is 0 Å². The molecule has 2 aromatic rings. The van der Waals surface area contributed by atoms with E-state index < -0.39 is 12.0 Å². The topological polar surface area (TPSA) is 57.6 Å². The average Bonchev–Trinajstić information content (AvgIpc) is 2.93. The molecule has 0 aliphatic carbocycles. The molecule has 4 nitrogen and oxygen atoms in total. The second kappa shape index (κ2) is 5.85. The minimum Gasteiger partial charge on any atom is -0.480 e. The van der Waals surface area contributed by atoms with Crippen LogP contribution in [0.1, 0.15) is 11.1 Å². The average molecular weight is 293 g/mol. The van der Waals surface area contributed by atoms with Gasteiger partial charge in [0.15, 0.2) is 0 Å². The van der Waals surface area contributed by atoms with Gasteiger partial charge in [0.1, 0.15) is 6.04 Å². The summed E-state index contributed by atoms with van der Waals surface area (Å²) in [5, 5.41) is 9.37. The zero-order chi connectivity index (χ0) is 15.5. The highest BCUT2D eigenvalue weighted by atomic mass is 16.4. The zero-order valence-corrected chi connectivity index (χ0v) is 11.8. The summed E-state index contributed by atoms with van der Waals surface area (Å²) in [7, 11) is 0. The molecule has 3 rings (SSSR count). The van der Waals surface area contributed by atoms with Crippen molar-refractivity contribution >= 4 is 23.6 Å². The van der Waals surface area contributed by atoms with Crippen molar-refractivity contribution in [2.45, 2.75) is 12.5 Å². The number of rotatable bonds is 3. The van der Waals surface area contributed by atoms with E-state index in [9.17, 15) is 14.7 Å². The molecule has 2 aromatic carbocycles. The van der Waals surface area contributed by atoms with Gasteiger partial charge in [0, 0.05) is 18.2 Å². The molecule has 0 bridgehead atoms. The molecule has 1 aliphatic heterocycles. The van der Waals surface area contributed by atoms with Gasteiger partial charge < -0.3 is 5.11 Å². The van der Waals surface area contributed by atoms with Gasteiger partial charge in [-0.15, -0.1) is 0 Å². The normalized spacial score (nSPS) is 16.7. The Labute approximate surface area is 128 Å². The quantitative estimate of drug-likeness (QED) is 0.885. The van der Waals surface area contributed by atoms with Crippen LogP contribution in [-0.2, 0) is 16.0 Å². The number of hydrogen-bond acceptors (Lipinski definition) is 2. The maximum absolute atomic E-state index is 12.5. The number of carbonyl (C=O) groups is 2. The third-order valence-electron chi connectivity index (χ3n) is 3.72. The van der Waals surface area contributed by atoms with E-state index in [-0.39, 0.29) is 5.91 Å². The highest BCUT2D eigenvalue weighted by molar-refractivity contribution is 6.09. The fraction of sp³-hybridized carbons (Fsp3) is 0.111. The summed E-state index contributed by atoms with van der Waals surface area (Å²) in [5.41, 5.74) is 2.46. The summed E-state index contributed by atoms with van der Waals surface area (Å²) in [6.07, 6.45) is 3.46. The predicted octanol–water partition coefficient (Wildman–Crippen LogP) is 2.74. The van der Waals surface area contributed by atoms with Gasteiger partial charge in [-0.1, -0.05) is 48.5 Å². The van der Waals surface area contributed by atoms with Crippen LogP contribution in [-0.4, -0.2) is 23.0 Å². The van der Waals surface area contributed by atoms with Gasteiger partial charge in [-0.05, 0) is 23.3 Å². The molecule has 110 valence electrons. The Morgan fingerprint density at radius 1 is 1.05 bits per heavy atom. The molecule has 1 aliphatic rings. The van der Waals surface area contributed by atoms with Crippen LogP contribution in [0.2, 0.25) is 0 Å². The third-order valence-corrected chi connectivity index (χ3v) is 3.72. The van der Waals surface area contributed by atoms with Crippen molar-refractivity contribution in [2.24, 2.45) is 0 Å². The molecular weight excluding hydrogens is 278 g/mol. The van der Waals surface area contributed by atoms with Crippen molar-refractivity contribution < 1.29 is 14.7 Å². The second-order valence-electron chi connectivity index (χ2n) is 5.14. The number of fused-ring (bicyclic) bond motifs is 1. The number of nitrogens with zero attached hydrogens (tertiary/aromatic N) is 1. The number of para-hydroxylation sites is 1. The Bertz CT molecular complexity index is 737. The SMILES string of the molecule is O=C(O)C1Cc2ccccc2N1C(=O)C=Cc1ccccc1. The number of anilines is 1. The minimum atomic E-state index is -0.988. The first-order valence-corrected chi connectivity index (χ1v) is 7.04. The molecular formula is C18H15NO3. The summed E-state index contributed by atoms with van der Waals surface area (Å²) in [6, 6.07) is 15.9. The van der Waals surface area contributed by atoms with Crippen LogP contribution in [0.4, 0.5) is 5.69 Å². The minimum absolute atomic E-state index is 0.318. The number of carboxylic acid groups (broad SMARTS) is 1. The Kier molecular flexibility index (Phi) is 3.74. The molecule has 1 atom stereocenters. The maximum Gasteiger partial charge on any atom is 0.327 e. The monoisotopic (exact) mass is 293 g/mol. The standard InChI is InChI=1S/C18H15NO3/c20-17(11-10-13-6-2-1-3-7-13)19-15-9-5-4-8-14(15)12-16(19)18(21)22/h1-11,16H,12H2,(H,21,22). The fourth-order valence-electron chi connectivity index (χ4n) is 2.67. The van der Waals surface area contributed by atoms with Crippen molar-refractivity contribution in [3.63, 3.8) is 0 Å². The smallest absolute Gasteiger partial charge is 0.327 e. The molecule has 1 unspecified atom stereocenters. The first-order chi connectivity index (χ1) is 10.7. The Balaban J connectivity index is 1.89. The van der Waals surface area contributed by atoms with E-state index in [0.717, 1.165) is 11.1 Å². The van der Waals surface area contributed by atoms with Crippen LogP contribution in [0.3, 0.4) is 0 Å². The lowest BCUT2D eigenvalue weighted by Gasteiger charge is -2.20.